The summed E-state index contributed by atoms with van der Waals surface area (Å²) in [5, 5.41) is 0. The Balaban J connectivity index is 2.98. The zero-order valence-electron chi connectivity index (χ0n) is 10.6. The van der Waals surface area contributed by atoms with E-state index in [1.165, 1.54) is 19.2 Å². The molecule has 0 amide bonds. The Labute approximate surface area is 115 Å². The summed E-state index contributed by atoms with van der Waals surface area (Å²) in [5.41, 5.74) is -0.217. The van der Waals surface area contributed by atoms with E-state index < -0.39 is 30.8 Å². The summed E-state index contributed by atoms with van der Waals surface area (Å²) in [6.45, 7) is 0. The Morgan fingerprint density at radius 2 is 1.62 bits per heavy atom. The zero-order valence-corrected chi connectivity index (χ0v) is 10.6. The van der Waals surface area contributed by atoms with Crippen molar-refractivity contribution in [3.05, 3.63) is 29.8 Å². The van der Waals surface area contributed by atoms with Crippen LogP contribution in [0.25, 0.3) is 0 Å². The molecule has 0 saturated carbocycles. The summed E-state index contributed by atoms with van der Waals surface area (Å²) in [7, 11) is 1.31. The molecule has 0 aliphatic heterocycles. The summed E-state index contributed by atoms with van der Waals surface area (Å²) in [5.74, 6) is -2.38. The van der Waals surface area contributed by atoms with Crippen molar-refractivity contribution in [2.24, 2.45) is 0 Å². The molecule has 0 aliphatic carbocycles. The number of carbonyl (C=O) groups excluding carboxylic acids is 1. The van der Waals surface area contributed by atoms with E-state index in [9.17, 15) is 31.1 Å². The van der Waals surface area contributed by atoms with Gasteiger partial charge in [-0.15, -0.1) is 0 Å². The zero-order chi connectivity index (χ0) is 16.3. The van der Waals surface area contributed by atoms with Crippen LogP contribution in [0.1, 0.15) is 18.1 Å². The predicted molar refractivity (Wildman–Crippen MR) is 58.6 cm³/mol. The Bertz CT molecular complexity index is 477. The van der Waals surface area contributed by atoms with Crippen molar-refractivity contribution in [3.63, 3.8) is 0 Å². The minimum Gasteiger partial charge on any atom is -0.497 e. The lowest BCUT2D eigenvalue weighted by atomic mass is 10.1. The van der Waals surface area contributed by atoms with Crippen LogP contribution in [0, 0.1) is 0 Å². The van der Waals surface area contributed by atoms with Crippen molar-refractivity contribution < 1.29 is 40.6 Å². The highest BCUT2D eigenvalue weighted by Gasteiger charge is 2.44. The molecule has 9 heteroatoms. The molecule has 1 aromatic rings. The van der Waals surface area contributed by atoms with Crippen LogP contribution in [0.4, 0.5) is 26.3 Å². The van der Waals surface area contributed by atoms with Gasteiger partial charge in [-0.2, -0.15) is 26.3 Å². The number of methoxy groups -OCH3 is 1. The van der Waals surface area contributed by atoms with Gasteiger partial charge in [0.1, 0.15) is 11.9 Å². The van der Waals surface area contributed by atoms with Crippen molar-refractivity contribution in [3.8, 4) is 5.75 Å². The molecule has 0 bridgehead atoms. The van der Waals surface area contributed by atoms with Gasteiger partial charge in [-0.1, -0.05) is 12.1 Å². The van der Waals surface area contributed by atoms with Gasteiger partial charge < -0.3 is 9.47 Å². The first-order valence-corrected chi connectivity index (χ1v) is 5.51. The van der Waals surface area contributed by atoms with Gasteiger partial charge in [0.2, 0.25) is 0 Å². The van der Waals surface area contributed by atoms with E-state index in [-0.39, 0.29) is 5.56 Å². The minimum atomic E-state index is -5.36. The van der Waals surface area contributed by atoms with Crippen LogP contribution in [-0.2, 0) is 9.53 Å². The fourth-order valence-electron chi connectivity index (χ4n) is 1.45. The number of ether oxygens (including phenoxy) is 2. The molecule has 0 fully saturated rings. The highest BCUT2D eigenvalue weighted by Crippen LogP contribution is 2.34. The van der Waals surface area contributed by atoms with Crippen LogP contribution in [0.2, 0.25) is 0 Å². The van der Waals surface area contributed by atoms with Crippen molar-refractivity contribution in [2.75, 3.05) is 7.11 Å². The van der Waals surface area contributed by atoms with Gasteiger partial charge in [-0.05, 0) is 17.7 Å². The fraction of sp³-hybridized carbons (Fsp3) is 0.417. The van der Waals surface area contributed by atoms with Crippen molar-refractivity contribution >= 4 is 5.97 Å². The SMILES string of the molecule is COc1ccc(C(CC(F)(F)F)OC(=O)C(F)(F)F)cc1. The largest absolute Gasteiger partial charge is 0.497 e. The summed E-state index contributed by atoms with van der Waals surface area (Å²) < 4.78 is 82.2. The van der Waals surface area contributed by atoms with Gasteiger partial charge in [0.15, 0.2) is 0 Å². The Morgan fingerprint density at radius 3 is 2.00 bits per heavy atom. The number of hydrogen-bond donors (Lipinski definition) is 0. The van der Waals surface area contributed by atoms with Gasteiger partial charge in [0.05, 0.1) is 13.5 Å². The second-order valence-corrected chi connectivity index (χ2v) is 3.98. The first-order chi connectivity index (χ1) is 9.53. The first kappa shape index (κ1) is 17.1. The summed E-state index contributed by atoms with van der Waals surface area (Å²) in [6, 6.07) is 4.69. The number of alkyl halides is 6. The number of benzene rings is 1. The minimum absolute atomic E-state index is 0.217. The van der Waals surface area contributed by atoms with Crippen LogP contribution >= 0.6 is 0 Å². The smallest absolute Gasteiger partial charge is 0.490 e. The van der Waals surface area contributed by atoms with Crippen LogP contribution < -0.4 is 4.74 Å². The van der Waals surface area contributed by atoms with E-state index in [1.807, 2.05) is 0 Å². The lowest BCUT2D eigenvalue weighted by Gasteiger charge is -2.20. The topological polar surface area (TPSA) is 35.5 Å². The third kappa shape index (κ3) is 5.52. The molecular weight excluding hydrogens is 306 g/mol. The number of halogens is 6. The first-order valence-electron chi connectivity index (χ1n) is 5.51. The van der Waals surface area contributed by atoms with Gasteiger partial charge in [-0.3, -0.25) is 0 Å². The van der Waals surface area contributed by atoms with E-state index in [2.05, 4.69) is 4.74 Å². The molecule has 0 heterocycles. The van der Waals surface area contributed by atoms with E-state index in [4.69, 9.17) is 4.74 Å². The average molecular weight is 316 g/mol. The standard InChI is InChI=1S/C12H10F6O3/c1-20-8-4-2-7(3-5-8)9(6-11(13,14)15)21-10(19)12(16,17)18/h2-5,9H,6H2,1H3. The molecule has 21 heavy (non-hydrogen) atoms. The van der Waals surface area contributed by atoms with E-state index in [0.717, 1.165) is 12.1 Å². The average Bonchev–Trinajstić information content (AvgIpc) is 2.35. The maximum absolute atomic E-state index is 12.4. The molecule has 1 unspecified atom stereocenters. The molecule has 118 valence electrons. The predicted octanol–water partition coefficient (Wildman–Crippen LogP) is 3.79. The monoisotopic (exact) mass is 316 g/mol. The normalized spacial score (nSPS) is 13.7. The van der Waals surface area contributed by atoms with Crippen molar-refractivity contribution in [1.82, 2.24) is 0 Å². The molecular formula is C12H10F6O3. The molecule has 3 nitrogen and oxygen atoms in total. The third-order valence-electron chi connectivity index (χ3n) is 2.39. The highest BCUT2D eigenvalue weighted by molar-refractivity contribution is 5.75. The quantitative estimate of drug-likeness (QED) is 0.626. The van der Waals surface area contributed by atoms with Gasteiger partial charge in [0, 0.05) is 0 Å². The molecule has 1 aromatic carbocycles. The number of esters is 1. The van der Waals surface area contributed by atoms with Crippen LogP contribution in [0.5, 0.6) is 5.75 Å². The van der Waals surface area contributed by atoms with Crippen LogP contribution in [0.15, 0.2) is 24.3 Å². The van der Waals surface area contributed by atoms with Gasteiger partial charge in [0.25, 0.3) is 0 Å². The molecule has 0 spiro atoms. The Kier molecular flexibility index (Phi) is 5.08. The van der Waals surface area contributed by atoms with E-state index >= 15 is 0 Å². The van der Waals surface area contributed by atoms with Gasteiger partial charge >= 0.3 is 18.3 Å². The lowest BCUT2D eigenvalue weighted by Crippen LogP contribution is -2.29. The lowest BCUT2D eigenvalue weighted by molar-refractivity contribution is -0.214. The number of hydrogen-bond acceptors (Lipinski definition) is 3. The number of carbonyl (C=O) groups is 1. The van der Waals surface area contributed by atoms with Crippen molar-refractivity contribution in [1.29, 1.82) is 0 Å². The molecule has 1 rings (SSSR count). The molecule has 1 atom stereocenters. The number of rotatable bonds is 4. The molecule has 0 aliphatic rings. The van der Waals surface area contributed by atoms with Gasteiger partial charge in [-0.25, -0.2) is 4.79 Å². The summed E-state index contributed by atoms with van der Waals surface area (Å²) in [6.07, 6.45) is -14.0. The fourth-order valence-corrected chi connectivity index (χ4v) is 1.45. The Morgan fingerprint density at radius 1 is 1.10 bits per heavy atom. The van der Waals surface area contributed by atoms with Crippen LogP contribution in [-0.4, -0.2) is 25.4 Å². The van der Waals surface area contributed by atoms with E-state index in [0.29, 0.717) is 5.75 Å². The molecule has 0 aromatic heterocycles. The second kappa shape index (κ2) is 6.23. The summed E-state index contributed by atoms with van der Waals surface area (Å²) >= 11 is 0. The third-order valence-corrected chi connectivity index (χ3v) is 2.39. The summed E-state index contributed by atoms with van der Waals surface area (Å²) in [4.78, 5) is 10.7. The van der Waals surface area contributed by atoms with E-state index in [1.54, 1.807) is 0 Å². The Hall–Kier alpha value is -1.93. The molecule has 0 N–H and O–H groups in total. The van der Waals surface area contributed by atoms with Crippen molar-refractivity contribution in [2.45, 2.75) is 24.9 Å². The maximum Gasteiger partial charge on any atom is 0.490 e. The van der Waals surface area contributed by atoms with Crippen LogP contribution in [0.3, 0.4) is 0 Å². The molecule has 0 radical (unpaired) electrons. The highest BCUT2D eigenvalue weighted by atomic mass is 19.4. The second-order valence-electron chi connectivity index (χ2n) is 3.98. The maximum atomic E-state index is 12.4. The molecule has 0 saturated heterocycles.